The van der Waals surface area contributed by atoms with Crippen LogP contribution >= 0.6 is 0 Å². The highest BCUT2D eigenvalue weighted by Crippen LogP contribution is 2.58. The van der Waals surface area contributed by atoms with Crippen molar-refractivity contribution in [2.24, 2.45) is 10.8 Å². The van der Waals surface area contributed by atoms with Gasteiger partial charge in [-0.05, 0) is 44.8 Å². The van der Waals surface area contributed by atoms with Gasteiger partial charge in [-0.3, -0.25) is 4.79 Å². The zero-order valence-corrected chi connectivity index (χ0v) is 12.2. The van der Waals surface area contributed by atoms with E-state index in [0.717, 1.165) is 16.7 Å². The summed E-state index contributed by atoms with van der Waals surface area (Å²) < 4.78 is 0. The van der Waals surface area contributed by atoms with Crippen LogP contribution in [-0.2, 0) is 4.79 Å². The molecule has 0 aromatic heterocycles. The predicted octanol–water partition coefficient (Wildman–Crippen LogP) is 4.07. The minimum atomic E-state index is -1.00. The lowest BCUT2D eigenvalue weighted by Gasteiger charge is -2.49. The number of aliphatic hydroxyl groups excluding tert-OH is 1. The zero-order chi connectivity index (χ0) is 14.3. The van der Waals surface area contributed by atoms with Crippen molar-refractivity contribution in [3.05, 3.63) is 22.5 Å². The molecule has 0 bridgehead atoms. The lowest BCUT2D eigenvalue weighted by molar-refractivity contribution is -0.154. The number of carbonyl (C=O) groups is 1. The Kier molecular flexibility index (Phi) is 3.66. The van der Waals surface area contributed by atoms with Gasteiger partial charge >= 0.3 is 5.97 Å². The highest BCUT2D eigenvalue weighted by atomic mass is 16.4. The SMILES string of the molecule is CCC1(C)C(O)=C(C)C(C)=C(C)C1(CC)C(=O)O. The third-order valence-corrected chi connectivity index (χ3v) is 5.19. The van der Waals surface area contributed by atoms with Gasteiger partial charge in [-0.1, -0.05) is 26.3 Å². The summed E-state index contributed by atoms with van der Waals surface area (Å²) in [4.78, 5) is 11.9. The van der Waals surface area contributed by atoms with Gasteiger partial charge in [0.1, 0.15) is 11.2 Å². The van der Waals surface area contributed by atoms with Gasteiger partial charge in [-0.15, -0.1) is 0 Å². The zero-order valence-electron chi connectivity index (χ0n) is 12.2. The number of aliphatic carboxylic acids is 1. The first-order valence-electron chi connectivity index (χ1n) is 6.52. The molecular weight excluding hydrogens is 228 g/mol. The molecule has 2 unspecified atom stereocenters. The van der Waals surface area contributed by atoms with Crippen LogP contribution in [-0.4, -0.2) is 16.2 Å². The van der Waals surface area contributed by atoms with Crippen molar-refractivity contribution in [3.8, 4) is 0 Å². The monoisotopic (exact) mass is 252 g/mol. The highest BCUT2D eigenvalue weighted by molar-refractivity contribution is 5.82. The molecule has 0 fully saturated rings. The minimum Gasteiger partial charge on any atom is -0.511 e. The van der Waals surface area contributed by atoms with E-state index in [1.165, 1.54) is 0 Å². The Morgan fingerprint density at radius 2 is 1.61 bits per heavy atom. The fraction of sp³-hybridized carbons (Fsp3) is 0.667. The van der Waals surface area contributed by atoms with E-state index in [1.807, 2.05) is 41.5 Å². The predicted molar refractivity (Wildman–Crippen MR) is 72.5 cm³/mol. The van der Waals surface area contributed by atoms with Crippen molar-refractivity contribution in [2.45, 2.75) is 54.4 Å². The molecular formula is C15H24O3. The molecule has 0 saturated heterocycles. The second kappa shape index (κ2) is 4.45. The number of allylic oxidation sites excluding steroid dienone is 3. The molecule has 0 heterocycles. The van der Waals surface area contributed by atoms with E-state index in [0.29, 0.717) is 12.8 Å². The van der Waals surface area contributed by atoms with Crippen molar-refractivity contribution < 1.29 is 15.0 Å². The van der Waals surface area contributed by atoms with Gasteiger partial charge in [-0.2, -0.15) is 0 Å². The van der Waals surface area contributed by atoms with Gasteiger partial charge in [0, 0.05) is 5.41 Å². The molecule has 3 nitrogen and oxygen atoms in total. The van der Waals surface area contributed by atoms with Gasteiger partial charge in [0.05, 0.1) is 0 Å². The summed E-state index contributed by atoms with van der Waals surface area (Å²) in [7, 11) is 0. The molecule has 3 heteroatoms. The fourth-order valence-corrected chi connectivity index (χ4v) is 3.48. The van der Waals surface area contributed by atoms with Crippen LogP contribution in [0.1, 0.15) is 54.4 Å². The number of carboxylic acid groups (broad SMARTS) is 1. The highest BCUT2D eigenvalue weighted by Gasteiger charge is 2.58. The van der Waals surface area contributed by atoms with E-state index >= 15 is 0 Å². The molecule has 2 atom stereocenters. The van der Waals surface area contributed by atoms with Crippen LogP contribution in [0.25, 0.3) is 0 Å². The first kappa shape index (κ1) is 14.8. The Bertz CT molecular complexity index is 445. The summed E-state index contributed by atoms with van der Waals surface area (Å²) in [5.41, 5.74) is 0.860. The summed E-state index contributed by atoms with van der Waals surface area (Å²) in [5, 5.41) is 20.3. The van der Waals surface area contributed by atoms with Crippen LogP contribution in [0.5, 0.6) is 0 Å². The first-order valence-corrected chi connectivity index (χ1v) is 6.52. The molecule has 1 aliphatic carbocycles. The Balaban J connectivity index is 3.74. The quantitative estimate of drug-likeness (QED) is 0.796. The van der Waals surface area contributed by atoms with Crippen molar-refractivity contribution in [1.82, 2.24) is 0 Å². The average molecular weight is 252 g/mol. The molecule has 0 aromatic carbocycles. The average Bonchev–Trinajstić information content (AvgIpc) is 2.34. The topological polar surface area (TPSA) is 57.5 Å². The Morgan fingerprint density at radius 3 is 1.94 bits per heavy atom. The second-order valence-corrected chi connectivity index (χ2v) is 5.47. The number of rotatable bonds is 3. The van der Waals surface area contributed by atoms with Gasteiger partial charge in [-0.25, -0.2) is 0 Å². The van der Waals surface area contributed by atoms with Crippen LogP contribution in [0.3, 0.4) is 0 Å². The fourth-order valence-electron chi connectivity index (χ4n) is 3.48. The molecule has 0 spiro atoms. The summed E-state index contributed by atoms with van der Waals surface area (Å²) in [5.74, 6) is -0.609. The van der Waals surface area contributed by atoms with Crippen LogP contribution in [0.4, 0.5) is 0 Å². The van der Waals surface area contributed by atoms with E-state index < -0.39 is 16.8 Å². The van der Waals surface area contributed by atoms with Crippen molar-refractivity contribution in [1.29, 1.82) is 0 Å². The molecule has 0 aromatic rings. The normalized spacial score (nSPS) is 33.0. The molecule has 1 rings (SSSR count). The van der Waals surface area contributed by atoms with Crippen LogP contribution in [0.2, 0.25) is 0 Å². The largest absolute Gasteiger partial charge is 0.511 e. The van der Waals surface area contributed by atoms with E-state index in [-0.39, 0.29) is 5.76 Å². The number of hydrogen-bond donors (Lipinski definition) is 2. The summed E-state index contributed by atoms with van der Waals surface area (Å²) in [6.45, 7) is 11.3. The third-order valence-electron chi connectivity index (χ3n) is 5.19. The van der Waals surface area contributed by atoms with E-state index in [1.54, 1.807) is 0 Å². The molecule has 102 valence electrons. The molecule has 0 aliphatic heterocycles. The van der Waals surface area contributed by atoms with E-state index in [2.05, 4.69) is 0 Å². The van der Waals surface area contributed by atoms with Crippen molar-refractivity contribution >= 4 is 5.97 Å². The van der Waals surface area contributed by atoms with Gasteiger partial charge in [0.2, 0.25) is 0 Å². The van der Waals surface area contributed by atoms with Crippen LogP contribution in [0.15, 0.2) is 22.5 Å². The molecule has 0 saturated carbocycles. The van der Waals surface area contributed by atoms with Crippen molar-refractivity contribution in [2.75, 3.05) is 0 Å². The lowest BCUT2D eigenvalue weighted by Crippen LogP contribution is -2.50. The summed E-state index contributed by atoms with van der Waals surface area (Å²) in [6.07, 6.45) is 1.08. The second-order valence-electron chi connectivity index (χ2n) is 5.47. The van der Waals surface area contributed by atoms with Crippen LogP contribution < -0.4 is 0 Å². The molecule has 1 aliphatic rings. The minimum absolute atomic E-state index is 0.234. The maximum Gasteiger partial charge on any atom is 0.314 e. The van der Waals surface area contributed by atoms with Gasteiger partial charge in [0.25, 0.3) is 0 Å². The van der Waals surface area contributed by atoms with Gasteiger partial charge < -0.3 is 10.2 Å². The summed E-state index contributed by atoms with van der Waals surface area (Å²) in [6, 6.07) is 0. The third kappa shape index (κ3) is 1.46. The first-order chi connectivity index (χ1) is 8.20. The van der Waals surface area contributed by atoms with E-state index in [9.17, 15) is 15.0 Å². The summed E-state index contributed by atoms with van der Waals surface area (Å²) >= 11 is 0. The van der Waals surface area contributed by atoms with Crippen LogP contribution in [0, 0.1) is 10.8 Å². The molecule has 2 N–H and O–H groups in total. The number of hydrogen-bond acceptors (Lipinski definition) is 2. The number of carboxylic acids is 1. The smallest absolute Gasteiger partial charge is 0.314 e. The molecule has 0 radical (unpaired) electrons. The standard InChI is InChI=1S/C15H24O3/c1-7-14(6)12(16)10(4)9(3)11(5)15(14,8-2)13(17)18/h16H,7-8H2,1-6H3,(H,17,18). The number of aliphatic hydroxyl groups is 1. The maximum absolute atomic E-state index is 11.9. The Morgan fingerprint density at radius 1 is 1.11 bits per heavy atom. The Labute approximate surface area is 109 Å². The van der Waals surface area contributed by atoms with Crippen molar-refractivity contribution in [3.63, 3.8) is 0 Å². The maximum atomic E-state index is 11.9. The Hall–Kier alpha value is -1.25. The molecule has 18 heavy (non-hydrogen) atoms. The van der Waals surface area contributed by atoms with Gasteiger partial charge in [0.15, 0.2) is 0 Å². The molecule has 0 amide bonds. The van der Waals surface area contributed by atoms with E-state index in [4.69, 9.17) is 0 Å². The lowest BCUT2D eigenvalue weighted by atomic mass is 9.53.